The van der Waals surface area contributed by atoms with Gasteiger partial charge in [0.05, 0.1) is 0 Å². The molecule has 0 aromatic heterocycles. The van der Waals surface area contributed by atoms with Crippen molar-refractivity contribution in [3.8, 4) is 5.75 Å². The van der Waals surface area contributed by atoms with Crippen molar-refractivity contribution >= 4 is 52.4 Å². The van der Waals surface area contributed by atoms with Gasteiger partial charge in [-0.05, 0) is 6.07 Å². The summed E-state index contributed by atoms with van der Waals surface area (Å²) in [5, 5.41) is 44.8. The Morgan fingerprint density at radius 3 is 2.15 bits per heavy atom. The summed E-state index contributed by atoms with van der Waals surface area (Å²) >= 11 is 0.400. The molecular weight excluding hydrogens is 575 g/mol. The van der Waals surface area contributed by atoms with Crippen LogP contribution in [0.4, 0.5) is 11.4 Å². The molecule has 27 heavy (non-hydrogen) atoms. The van der Waals surface area contributed by atoms with E-state index in [4.69, 9.17) is 5.11 Å². The first-order valence-electron chi connectivity index (χ1n) is 7.25. The number of carbonyl (C=O) groups is 1. The van der Waals surface area contributed by atoms with Crippen LogP contribution in [0.15, 0.2) is 57.6 Å². The van der Waals surface area contributed by atoms with Gasteiger partial charge in [-0.1, -0.05) is 0 Å². The summed E-state index contributed by atoms with van der Waals surface area (Å²) in [5.74, 6) is -1.71. The molecule has 2 rings (SSSR count). The molecule has 12 heteroatoms. The topological polar surface area (TPSA) is 169 Å². The number of aliphatic hydroxyl groups excluding tert-OH is 2. The first-order chi connectivity index (χ1) is 12.6. The molecule has 2 unspecified atom stereocenters. The molecule has 5 N–H and O–H groups in total. The van der Waals surface area contributed by atoms with Crippen molar-refractivity contribution in [3.05, 3.63) is 48.0 Å². The number of nitrogens with one attached hydrogen (secondary N) is 1. The summed E-state index contributed by atoms with van der Waals surface area (Å²) in [6.45, 7) is 0. The molecular formula is C15H15N3O7PoS. The van der Waals surface area contributed by atoms with Crippen LogP contribution in [0.25, 0.3) is 0 Å². The second kappa shape index (κ2) is 8.82. The summed E-state index contributed by atoms with van der Waals surface area (Å²) in [4.78, 5) is 10.8. The Labute approximate surface area is 169 Å². The van der Waals surface area contributed by atoms with Crippen LogP contribution < -0.4 is 4.72 Å². The van der Waals surface area contributed by atoms with Crippen molar-refractivity contribution < 1.29 is 33.6 Å². The number of hydrogen-bond acceptors (Lipinski definition) is 8. The maximum absolute atomic E-state index is 12.1. The quantitative estimate of drug-likeness (QED) is 0.229. The number of rotatable bonds is 7. The maximum atomic E-state index is 12.1. The van der Waals surface area contributed by atoms with E-state index in [-0.39, 0.29) is 16.1 Å². The minimum absolute atomic E-state index is 0.141. The Bertz CT molecular complexity index is 962. The van der Waals surface area contributed by atoms with Gasteiger partial charge in [-0.3, -0.25) is 0 Å². The Morgan fingerprint density at radius 2 is 1.59 bits per heavy atom. The number of carboxylic acid groups (broad SMARTS) is 1. The molecule has 2 atom stereocenters. The van der Waals surface area contributed by atoms with Gasteiger partial charge in [-0.15, -0.1) is 0 Å². The molecule has 0 heterocycles. The average molecular weight is 590 g/mol. The summed E-state index contributed by atoms with van der Waals surface area (Å²) in [6, 6.07) is 8.88. The number of aromatic hydroxyl groups is 1. The Hall–Kier alpha value is -1.96. The number of carboxylic acids is 1. The van der Waals surface area contributed by atoms with E-state index in [9.17, 15) is 28.5 Å². The molecule has 2 aromatic rings. The van der Waals surface area contributed by atoms with Crippen LogP contribution >= 0.6 is 0 Å². The molecule has 0 spiro atoms. The second-order valence-electron chi connectivity index (χ2n) is 5.18. The van der Waals surface area contributed by atoms with Gasteiger partial charge in [0.2, 0.25) is 0 Å². The number of sulfonamides is 1. The number of phenols is 1. The zero-order valence-electron chi connectivity index (χ0n) is 13.5. The van der Waals surface area contributed by atoms with Crippen LogP contribution in [0, 0.1) is 0 Å². The number of hydrogen-bond donors (Lipinski definition) is 5. The molecule has 0 radical (unpaired) electrons. The molecule has 0 aliphatic heterocycles. The van der Waals surface area contributed by atoms with Gasteiger partial charge >= 0.3 is 137 Å². The minimum atomic E-state index is -4.02. The van der Waals surface area contributed by atoms with Crippen LogP contribution in [0.1, 0.15) is 10.4 Å². The van der Waals surface area contributed by atoms with E-state index in [2.05, 4.69) is 10.2 Å². The number of aromatic carboxylic acids is 1. The molecule has 0 saturated heterocycles. The fourth-order valence-corrected chi connectivity index (χ4v) is 3.63. The van der Waals surface area contributed by atoms with Crippen LogP contribution in [-0.4, -0.2) is 69.9 Å². The smallest absolute Gasteiger partial charge is 0.507 e. The monoisotopic (exact) mass is 590 g/mol. The van der Waals surface area contributed by atoms with Gasteiger partial charge in [-0.25, -0.2) is 4.79 Å². The number of benzene rings is 2. The number of aliphatic hydroxyl groups is 2. The number of nitrogens with zero attached hydrogens (tertiary/aromatic N) is 2. The van der Waals surface area contributed by atoms with Gasteiger partial charge in [0.15, 0.2) is 0 Å². The number of azo groups is 1. The van der Waals surface area contributed by atoms with E-state index in [0.717, 1.165) is 6.07 Å². The summed E-state index contributed by atoms with van der Waals surface area (Å²) in [7, 11) is -4.02. The Morgan fingerprint density at radius 1 is 1.04 bits per heavy atom. The zero-order chi connectivity index (χ0) is 20.2. The molecule has 2 aromatic carbocycles. The molecule has 144 valence electrons. The zero-order valence-corrected chi connectivity index (χ0v) is 17.8. The first kappa shape index (κ1) is 21.3. The SMILES string of the molecule is O=C(O)c1cc(N=Nc2ccc(S(=O)(=O)NC(O)[CH](O)[PoH])cc2)ccc1O. The van der Waals surface area contributed by atoms with Gasteiger partial charge in [0.25, 0.3) is 0 Å². The molecule has 0 saturated carbocycles. The van der Waals surface area contributed by atoms with E-state index in [1.807, 2.05) is 4.72 Å². The van der Waals surface area contributed by atoms with Crippen LogP contribution in [-0.2, 0) is 10.0 Å². The standard InChI is InChI=1S/C15H14N3O7S.Po.H/c19-8-14(21)18-26(24,25)11-4-1-9(2-5-11)16-17-10-3-6-13(20)12(7-10)15(22)23;;/h1-8,14,18-21H,(H,22,23);;. The van der Waals surface area contributed by atoms with E-state index < -0.39 is 31.7 Å². The normalized spacial score (nSPS) is 14.2. The van der Waals surface area contributed by atoms with Crippen LogP contribution in [0.5, 0.6) is 5.75 Å². The average Bonchev–Trinajstić information content (AvgIpc) is 2.60. The molecule has 10 nitrogen and oxygen atoms in total. The van der Waals surface area contributed by atoms with Crippen molar-refractivity contribution in [3.63, 3.8) is 0 Å². The van der Waals surface area contributed by atoms with Crippen molar-refractivity contribution in [2.45, 2.75) is 14.9 Å². The fourth-order valence-electron chi connectivity index (χ4n) is 1.85. The molecule has 0 aliphatic carbocycles. The molecule has 0 bridgehead atoms. The summed E-state index contributed by atoms with van der Waals surface area (Å²) in [6.07, 6.45) is -1.60. The van der Waals surface area contributed by atoms with Gasteiger partial charge < -0.3 is 10.2 Å². The third-order valence-electron chi connectivity index (χ3n) is 3.20. The third-order valence-corrected chi connectivity index (χ3v) is 5.74. The van der Waals surface area contributed by atoms with Crippen molar-refractivity contribution in [1.29, 1.82) is 0 Å². The van der Waals surface area contributed by atoms with Gasteiger partial charge in [0, 0.05) is 0 Å². The predicted octanol–water partition coefficient (Wildman–Crippen LogP) is 0.322. The van der Waals surface area contributed by atoms with Crippen LogP contribution in [0.2, 0.25) is 0 Å². The van der Waals surface area contributed by atoms with Crippen LogP contribution in [0.3, 0.4) is 0 Å². The summed E-state index contributed by atoms with van der Waals surface area (Å²) < 4.78 is 24.9. The van der Waals surface area contributed by atoms with E-state index in [1.165, 1.54) is 36.4 Å². The first-order valence-corrected chi connectivity index (χ1v) is 10.7. The van der Waals surface area contributed by atoms with Gasteiger partial charge in [-0.2, -0.15) is 0 Å². The van der Waals surface area contributed by atoms with E-state index >= 15 is 0 Å². The molecule has 0 fully saturated rings. The minimum Gasteiger partial charge on any atom is -0.507 e. The Kier molecular flexibility index (Phi) is 6.97. The van der Waals surface area contributed by atoms with Crippen molar-refractivity contribution in [2.75, 3.05) is 0 Å². The van der Waals surface area contributed by atoms with E-state index in [0.29, 0.717) is 30.8 Å². The summed E-state index contributed by atoms with van der Waals surface area (Å²) in [5.41, 5.74) is 0.158. The molecule has 0 amide bonds. The molecule has 0 aliphatic rings. The second-order valence-corrected chi connectivity index (χ2v) is 8.95. The van der Waals surface area contributed by atoms with Crippen molar-refractivity contribution in [1.82, 2.24) is 4.72 Å². The predicted molar refractivity (Wildman–Crippen MR) is 95.2 cm³/mol. The van der Waals surface area contributed by atoms with Crippen molar-refractivity contribution in [2.24, 2.45) is 10.2 Å². The Balaban J connectivity index is 2.17. The van der Waals surface area contributed by atoms with E-state index in [1.54, 1.807) is 0 Å². The third kappa shape index (κ3) is 5.75. The van der Waals surface area contributed by atoms with Gasteiger partial charge in [0.1, 0.15) is 11.3 Å². The fraction of sp³-hybridized carbons (Fsp3) is 0.133.